The van der Waals surface area contributed by atoms with Crippen LogP contribution >= 0.6 is 11.3 Å². The molecule has 0 fully saturated rings. The molecule has 0 aliphatic carbocycles. The summed E-state index contributed by atoms with van der Waals surface area (Å²) >= 11 is 1.68. The van der Waals surface area contributed by atoms with Gasteiger partial charge in [-0.25, -0.2) is 0 Å². The third-order valence-corrected chi connectivity index (χ3v) is 3.19. The molecule has 0 saturated carbocycles. The molecule has 88 valence electrons. The smallest absolute Gasteiger partial charge is 0.244 e. The van der Waals surface area contributed by atoms with Gasteiger partial charge >= 0.3 is 0 Å². The molecule has 1 rings (SSSR count). The van der Waals surface area contributed by atoms with Crippen molar-refractivity contribution in [3.05, 3.63) is 34.0 Å². The average Bonchev–Trinajstić information content (AvgIpc) is 2.64. The van der Waals surface area contributed by atoms with E-state index in [2.05, 4.69) is 25.2 Å². The molecule has 0 aliphatic rings. The normalized spacial score (nSPS) is 12.3. The summed E-state index contributed by atoms with van der Waals surface area (Å²) in [6.07, 6.45) is 1.64. The highest BCUT2D eigenvalue weighted by molar-refractivity contribution is 7.10. The number of amides is 1. The van der Waals surface area contributed by atoms with Crippen molar-refractivity contribution >= 4 is 17.2 Å². The molecule has 0 saturated heterocycles. The molecule has 0 spiro atoms. The average molecular weight is 237 g/mol. The fourth-order valence-corrected chi connectivity index (χ4v) is 2.44. The van der Waals surface area contributed by atoms with Crippen LogP contribution in [0.2, 0.25) is 0 Å². The SMILES string of the molecule is CC(C)=CC(=O)N[C@@H](c1cccs1)C(C)C. The maximum atomic E-state index is 11.7. The minimum absolute atomic E-state index is 0.00731. The van der Waals surface area contributed by atoms with E-state index in [4.69, 9.17) is 0 Å². The number of thiophene rings is 1. The standard InChI is InChI=1S/C13H19NOS/c1-9(2)8-12(15)14-13(10(3)4)11-6-5-7-16-11/h5-8,10,13H,1-4H3,(H,14,15)/t13-/m1/s1. The Bertz CT molecular complexity index is 361. The number of rotatable bonds is 4. The molecule has 0 aliphatic heterocycles. The molecule has 1 aromatic heterocycles. The van der Waals surface area contributed by atoms with Gasteiger partial charge in [-0.1, -0.05) is 25.5 Å². The summed E-state index contributed by atoms with van der Waals surface area (Å²) in [7, 11) is 0. The molecular weight excluding hydrogens is 218 g/mol. The van der Waals surface area contributed by atoms with Gasteiger partial charge in [-0.2, -0.15) is 0 Å². The lowest BCUT2D eigenvalue weighted by atomic mass is 10.0. The highest BCUT2D eigenvalue weighted by Gasteiger charge is 2.17. The van der Waals surface area contributed by atoms with E-state index in [9.17, 15) is 4.79 Å². The second-order valence-corrected chi connectivity index (χ2v) is 5.45. The largest absolute Gasteiger partial charge is 0.345 e. The summed E-state index contributed by atoms with van der Waals surface area (Å²) in [6, 6.07) is 4.20. The molecule has 0 aromatic carbocycles. The molecule has 1 N–H and O–H groups in total. The zero-order valence-corrected chi connectivity index (χ0v) is 11.1. The van der Waals surface area contributed by atoms with Gasteiger partial charge in [-0.3, -0.25) is 4.79 Å². The van der Waals surface area contributed by atoms with Crippen LogP contribution in [0.4, 0.5) is 0 Å². The van der Waals surface area contributed by atoms with E-state index in [1.165, 1.54) is 4.88 Å². The maximum absolute atomic E-state index is 11.7. The first kappa shape index (κ1) is 13.0. The zero-order chi connectivity index (χ0) is 12.1. The Labute approximate surface area is 101 Å². The molecule has 3 heteroatoms. The van der Waals surface area contributed by atoms with Crippen molar-refractivity contribution in [3.8, 4) is 0 Å². The Hall–Kier alpha value is -1.09. The van der Waals surface area contributed by atoms with Gasteiger partial charge in [-0.05, 0) is 31.2 Å². The van der Waals surface area contributed by atoms with E-state index < -0.39 is 0 Å². The first-order valence-corrected chi connectivity index (χ1v) is 6.37. The predicted octanol–water partition coefficient (Wildman–Crippen LogP) is 3.53. The third kappa shape index (κ3) is 3.81. The van der Waals surface area contributed by atoms with Crippen LogP contribution in [-0.2, 0) is 4.79 Å². The van der Waals surface area contributed by atoms with Gasteiger partial charge in [-0.15, -0.1) is 11.3 Å². The van der Waals surface area contributed by atoms with Crippen molar-refractivity contribution in [2.45, 2.75) is 33.7 Å². The highest BCUT2D eigenvalue weighted by atomic mass is 32.1. The van der Waals surface area contributed by atoms with Crippen molar-refractivity contribution in [2.24, 2.45) is 5.92 Å². The summed E-state index contributed by atoms with van der Waals surface area (Å²) in [5, 5.41) is 5.08. The van der Waals surface area contributed by atoms with E-state index >= 15 is 0 Å². The molecule has 2 nitrogen and oxygen atoms in total. The molecule has 16 heavy (non-hydrogen) atoms. The highest BCUT2D eigenvalue weighted by Crippen LogP contribution is 2.25. The summed E-state index contributed by atoms with van der Waals surface area (Å²) in [5.74, 6) is 0.389. The number of carbonyl (C=O) groups is 1. The quantitative estimate of drug-likeness (QED) is 0.797. The van der Waals surface area contributed by atoms with Crippen LogP contribution in [0, 0.1) is 5.92 Å². The zero-order valence-electron chi connectivity index (χ0n) is 10.3. The molecule has 0 bridgehead atoms. The van der Waals surface area contributed by atoms with Crippen molar-refractivity contribution in [2.75, 3.05) is 0 Å². The van der Waals surface area contributed by atoms with Crippen molar-refractivity contribution in [1.82, 2.24) is 5.32 Å². The van der Waals surface area contributed by atoms with Gasteiger partial charge in [0, 0.05) is 11.0 Å². The van der Waals surface area contributed by atoms with Gasteiger partial charge in [0.2, 0.25) is 5.91 Å². The van der Waals surface area contributed by atoms with Crippen LogP contribution in [0.25, 0.3) is 0 Å². The van der Waals surface area contributed by atoms with Gasteiger partial charge in [0.15, 0.2) is 0 Å². The summed E-state index contributed by atoms with van der Waals surface area (Å²) in [6.45, 7) is 8.09. The first-order chi connectivity index (χ1) is 7.50. The van der Waals surface area contributed by atoms with E-state index in [1.54, 1.807) is 17.4 Å². The van der Waals surface area contributed by atoms with Gasteiger partial charge in [0.1, 0.15) is 0 Å². The second kappa shape index (κ2) is 5.85. The lowest BCUT2D eigenvalue weighted by Crippen LogP contribution is -2.29. The van der Waals surface area contributed by atoms with Crippen LogP contribution in [0.15, 0.2) is 29.2 Å². The third-order valence-electron chi connectivity index (χ3n) is 2.23. The number of carbonyl (C=O) groups excluding carboxylic acids is 1. The Kier molecular flexibility index (Phi) is 4.74. The Morgan fingerprint density at radius 3 is 2.56 bits per heavy atom. The lowest BCUT2D eigenvalue weighted by molar-refractivity contribution is -0.117. The summed E-state index contributed by atoms with van der Waals surface area (Å²) < 4.78 is 0. The van der Waals surface area contributed by atoms with Crippen LogP contribution < -0.4 is 5.32 Å². The van der Waals surface area contributed by atoms with E-state index in [1.807, 2.05) is 25.3 Å². The van der Waals surface area contributed by atoms with Crippen LogP contribution in [0.1, 0.15) is 38.6 Å². The van der Waals surface area contributed by atoms with E-state index in [-0.39, 0.29) is 11.9 Å². The summed E-state index contributed by atoms with van der Waals surface area (Å²) in [4.78, 5) is 12.9. The monoisotopic (exact) mass is 237 g/mol. The van der Waals surface area contributed by atoms with Crippen molar-refractivity contribution in [1.29, 1.82) is 0 Å². The van der Waals surface area contributed by atoms with E-state index in [0.717, 1.165) is 5.57 Å². The van der Waals surface area contributed by atoms with Crippen molar-refractivity contribution < 1.29 is 4.79 Å². The van der Waals surface area contributed by atoms with E-state index in [0.29, 0.717) is 5.92 Å². The molecule has 0 unspecified atom stereocenters. The topological polar surface area (TPSA) is 29.1 Å². The minimum Gasteiger partial charge on any atom is -0.345 e. The Morgan fingerprint density at radius 2 is 2.12 bits per heavy atom. The molecule has 1 aromatic rings. The Morgan fingerprint density at radius 1 is 1.44 bits per heavy atom. The molecule has 1 amide bonds. The maximum Gasteiger partial charge on any atom is 0.244 e. The van der Waals surface area contributed by atoms with Crippen LogP contribution in [0.3, 0.4) is 0 Å². The Balaban J connectivity index is 2.74. The first-order valence-electron chi connectivity index (χ1n) is 5.49. The molecular formula is C13H19NOS. The van der Waals surface area contributed by atoms with Gasteiger partial charge < -0.3 is 5.32 Å². The number of allylic oxidation sites excluding steroid dienone is 1. The second-order valence-electron chi connectivity index (χ2n) is 4.47. The number of hydrogen-bond donors (Lipinski definition) is 1. The van der Waals surface area contributed by atoms with Gasteiger partial charge in [0.25, 0.3) is 0 Å². The molecule has 1 heterocycles. The number of nitrogens with one attached hydrogen (secondary N) is 1. The van der Waals surface area contributed by atoms with Crippen LogP contribution in [-0.4, -0.2) is 5.91 Å². The molecule has 0 radical (unpaired) electrons. The fourth-order valence-electron chi connectivity index (χ4n) is 1.49. The summed E-state index contributed by atoms with van der Waals surface area (Å²) in [5.41, 5.74) is 1.02. The minimum atomic E-state index is -0.00731. The number of hydrogen-bond acceptors (Lipinski definition) is 2. The fraction of sp³-hybridized carbons (Fsp3) is 0.462. The predicted molar refractivity (Wildman–Crippen MR) is 69.5 cm³/mol. The molecule has 1 atom stereocenters. The van der Waals surface area contributed by atoms with Gasteiger partial charge in [0.05, 0.1) is 6.04 Å². The van der Waals surface area contributed by atoms with Crippen LogP contribution in [0.5, 0.6) is 0 Å². The lowest BCUT2D eigenvalue weighted by Gasteiger charge is -2.20. The van der Waals surface area contributed by atoms with Crippen molar-refractivity contribution in [3.63, 3.8) is 0 Å².